The van der Waals surface area contributed by atoms with E-state index in [1.807, 2.05) is 0 Å². The van der Waals surface area contributed by atoms with Gasteiger partial charge in [-0.1, -0.05) is 13.3 Å². The van der Waals surface area contributed by atoms with Crippen molar-refractivity contribution in [1.82, 2.24) is 9.97 Å². The van der Waals surface area contributed by atoms with E-state index in [0.29, 0.717) is 11.4 Å². The lowest BCUT2D eigenvalue weighted by Gasteiger charge is -2.38. The number of hydrogen-bond donors (Lipinski definition) is 3. The first-order chi connectivity index (χ1) is 9.67. The Labute approximate surface area is 127 Å². The molecule has 0 aliphatic rings. The molecule has 0 bridgehead atoms. The molecule has 1 aromatic heterocycles. The summed E-state index contributed by atoms with van der Waals surface area (Å²) >= 11 is 0. The molecule has 0 saturated carbocycles. The lowest BCUT2D eigenvalue weighted by atomic mass is 9.78. The highest BCUT2D eigenvalue weighted by Crippen LogP contribution is 2.25. The summed E-state index contributed by atoms with van der Waals surface area (Å²) in [5.41, 5.74) is -1.55. The van der Waals surface area contributed by atoms with Crippen molar-refractivity contribution in [3.05, 3.63) is 12.4 Å². The summed E-state index contributed by atoms with van der Waals surface area (Å²) in [5.74, 6) is 0.529. The number of aromatic nitrogens is 2. The molecule has 21 heavy (non-hydrogen) atoms. The zero-order valence-corrected chi connectivity index (χ0v) is 13.6. The molecular formula is C14H26BN3O3. The lowest BCUT2D eigenvalue weighted by molar-refractivity contribution is -0.0982. The van der Waals surface area contributed by atoms with Gasteiger partial charge in [0, 0.05) is 24.4 Å². The Morgan fingerprint density at radius 2 is 1.81 bits per heavy atom. The number of anilines is 1. The van der Waals surface area contributed by atoms with Crippen molar-refractivity contribution in [3.63, 3.8) is 0 Å². The molecular weight excluding hydrogens is 269 g/mol. The quantitative estimate of drug-likeness (QED) is 0.489. The first-order valence-corrected chi connectivity index (χ1v) is 7.31. The van der Waals surface area contributed by atoms with Gasteiger partial charge >= 0.3 is 7.12 Å². The van der Waals surface area contributed by atoms with Crippen molar-refractivity contribution in [1.29, 1.82) is 0 Å². The van der Waals surface area contributed by atoms with Gasteiger partial charge in [0.15, 0.2) is 0 Å². The third-order valence-corrected chi connectivity index (χ3v) is 3.65. The van der Waals surface area contributed by atoms with Crippen LogP contribution in [0.25, 0.3) is 0 Å². The fourth-order valence-electron chi connectivity index (χ4n) is 1.43. The predicted molar refractivity (Wildman–Crippen MR) is 84.5 cm³/mol. The van der Waals surface area contributed by atoms with E-state index in [-0.39, 0.29) is 0 Å². The van der Waals surface area contributed by atoms with Crippen LogP contribution in [0.5, 0.6) is 0 Å². The van der Waals surface area contributed by atoms with E-state index in [1.54, 1.807) is 27.7 Å². The van der Waals surface area contributed by atoms with Gasteiger partial charge in [0.25, 0.3) is 0 Å². The van der Waals surface area contributed by atoms with Gasteiger partial charge in [-0.15, -0.1) is 0 Å². The van der Waals surface area contributed by atoms with E-state index in [0.717, 1.165) is 19.4 Å². The van der Waals surface area contributed by atoms with Crippen molar-refractivity contribution in [2.24, 2.45) is 0 Å². The number of nitrogens with zero attached hydrogens (tertiary/aromatic N) is 2. The highest BCUT2D eigenvalue weighted by Gasteiger charge is 2.39. The molecule has 0 spiro atoms. The standard InChI is InChI=1S/C14H26BN3O3/c1-6-7-8-16-12-17-9-11(10-18-12)15(20)21-14(4,5)13(2,3)19/h9-10,19-20H,6-8H2,1-5H3,(H,16,17,18). The fraction of sp³-hybridized carbons (Fsp3) is 0.714. The summed E-state index contributed by atoms with van der Waals surface area (Å²) in [5, 5.41) is 23.2. The monoisotopic (exact) mass is 295 g/mol. The average molecular weight is 295 g/mol. The minimum Gasteiger partial charge on any atom is -0.423 e. The zero-order valence-electron chi connectivity index (χ0n) is 13.6. The normalized spacial score (nSPS) is 12.3. The minimum absolute atomic E-state index is 0.452. The molecule has 0 amide bonds. The van der Waals surface area contributed by atoms with E-state index < -0.39 is 18.3 Å². The molecule has 7 heteroatoms. The third kappa shape index (κ3) is 5.26. The number of aliphatic hydroxyl groups is 1. The van der Waals surface area contributed by atoms with Crippen LogP contribution in [0.1, 0.15) is 47.5 Å². The molecule has 1 aromatic rings. The van der Waals surface area contributed by atoms with E-state index in [9.17, 15) is 10.1 Å². The summed E-state index contributed by atoms with van der Waals surface area (Å²) in [6.07, 6.45) is 5.19. The minimum atomic E-state index is -1.18. The van der Waals surface area contributed by atoms with Crippen LogP contribution < -0.4 is 10.8 Å². The van der Waals surface area contributed by atoms with Gasteiger partial charge in [-0.05, 0) is 34.1 Å². The molecule has 1 heterocycles. The topological polar surface area (TPSA) is 87.5 Å². The summed E-state index contributed by atoms with van der Waals surface area (Å²) < 4.78 is 5.53. The van der Waals surface area contributed by atoms with Crippen LogP contribution in [0.15, 0.2) is 12.4 Å². The molecule has 3 N–H and O–H groups in total. The maximum absolute atomic E-state index is 10.1. The Balaban J connectivity index is 2.65. The molecule has 1 rings (SSSR count). The molecule has 0 fully saturated rings. The Hall–Kier alpha value is -1.18. The highest BCUT2D eigenvalue weighted by atomic mass is 16.5. The summed E-state index contributed by atoms with van der Waals surface area (Å²) in [7, 11) is -1.18. The van der Waals surface area contributed by atoms with Crippen LogP contribution in [0.2, 0.25) is 0 Å². The van der Waals surface area contributed by atoms with Crippen molar-refractivity contribution >= 4 is 18.5 Å². The van der Waals surface area contributed by atoms with E-state index >= 15 is 0 Å². The highest BCUT2D eigenvalue weighted by molar-refractivity contribution is 6.59. The SMILES string of the molecule is CCCCNc1ncc(B(O)OC(C)(C)C(C)(C)O)cn1. The molecule has 0 saturated heterocycles. The Kier molecular flexibility index (Phi) is 6.13. The molecule has 0 aliphatic carbocycles. The Morgan fingerprint density at radius 1 is 1.24 bits per heavy atom. The molecule has 118 valence electrons. The van der Waals surface area contributed by atoms with Crippen LogP contribution in [0.3, 0.4) is 0 Å². The Bertz CT molecular complexity index is 432. The van der Waals surface area contributed by atoms with Gasteiger partial charge in [-0.2, -0.15) is 0 Å². The summed E-state index contributed by atoms with van der Waals surface area (Å²) in [6.45, 7) is 9.65. The smallest absolute Gasteiger partial charge is 0.423 e. The molecule has 0 radical (unpaired) electrons. The van der Waals surface area contributed by atoms with Gasteiger partial charge in [0.1, 0.15) is 0 Å². The van der Waals surface area contributed by atoms with Crippen molar-refractivity contribution in [2.45, 2.75) is 58.7 Å². The maximum atomic E-state index is 10.1. The van der Waals surface area contributed by atoms with E-state index in [4.69, 9.17) is 4.65 Å². The van der Waals surface area contributed by atoms with Gasteiger partial charge in [0.2, 0.25) is 5.95 Å². The van der Waals surface area contributed by atoms with E-state index in [1.165, 1.54) is 12.4 Å². The van der Waals surface area contributed by atoms with Gasteiger partial charge < -0.3 is 20.1 Å². The van der Waals surface area contributed by atoms with Crippen molar-refractivity contribution in [3.8, 4) is 0 Å². The van der Waals surface area contributed by atoms with Crippen LogP contribution in [-0.4, -0.2) is 45.0 Å². The second kappa shape index (κ2) is 7.20. The number of hydrogen-bond acceptors (Lipinski definition) is 6. The molecule has 6 nitrogen and oxygen atoms in total. The summed E-state index contributed by atoms with van der Waals surface area (Å²) in [6, 6.07) is 0. The fourth-order valence-corrected chi connectivity index (χ4v) is 1.43. The van der Waals surface area contributed by atoms with E-state index in [2.05, 4.69) is 22.2 Å². The largest absolute Gasteiger partial charge is 0.494 e. The first-order valence-electron chi connectivity index (χ1n) is 7.31. The average Bonchev–Trinajstić information content (AvgIpc) is 2.38. The molecule has 0 aliphatic heterocycles. The molecule has 0 atom stereocenters. The third-order valence-electron chi connectivity index (χ3n) is 3.65. The van der Waals surface area contributed by atoms with Crippen molar-refractivity contribution in [2.75, 3.05) is 11.9 Å². The predicted octanol–water partition coefficient (Wildman–Crippen LogP) is 0.942. The lowest BCUT2D eigenvalue weighted by Crippen LogP contribution is -2.53. The van der Waals surface area contributed by atoms with Gasteiger partial charge in [-0.25, -0.2) is 9.97 Å². The summed E-state index contributed by atoms with van der Waals surface area (Å²) in [4.78, 5) is 8.28. The maximum Gasteiger partial charge on any atom is 0.494 e. The molecule has 0 aromatic carbocycles. The number of unbranched alkanes of at least 4 members (excludes halogenated alkanes) is 1. The second-order valence-corrected chi connectivity index (χ2v) is 6.16. The first kappa shape index (κ1) is 17.9. The van der Waals surface area contributed by atoms with Crippen LogP contribution in [-0.2, 0) is 4.65 Å². The van der Waals surface area contributed by atoms with Gasteiger partial charge in [0.05, 0.1) is 11.2 Å². The second-order valence-electron chi connectivity index (χ2n) is 6.16. The van der Waals surface area contributed by atoms with Gasteiger partial charge in [-0.3, -0.25) is 0 Å². The van der Waals surface area contributed by atoms with Crippen LogP contribution >= 0.6 is 0 Å². The number of rotatable bonds is 8. The zero-order chi connectivity index (χ0) is 16.1. The Morgan fingerprint density at radius 3 is 2.29 bits per heavy atom. The van der Waals surface area contributed by atoms with Crippen LogP contribution in [0.4, 0.5) is 5.95 Å². The van der Waals surface area contributed by atoms with Crippen molar-refractivity contribution < 1.29 is 14.8 Å². The number of nitrogens with one attached hydrogen (secondary N) is 1. The van der Waals surface area contributed by atoms with Crippen LogP contribution in [0, 0.1) is 0 Å². The molecule has 0 unspecified atom stereocenters.